The van der Waals surface area contributed by atoms with Gasteiger partial charge in [0.2, 0.25) is 0 Å². The minimum atomic E-state index is 0.338. The zero-order valence-electron chi connectivity index (χ0n) is 11.4. The molecule has 0 fully saturated rings. The first-order valence-electron chi connectivity index (χ1n) is 6.34. The quantitative estimate of drug-likeness (QED) is 0.928. The third-order valence-electron chi connectivity index (χ3n) is 3.06. The van der Waals surface area contributed by atoms with E-state index in [1.807, 2.05) is 31.2 Å². The average Bonchev–Trinajstić information content (AvgIpc) is 2.30. The van der Waals surface area contributed by atoms with Gasteiger partial charge in [0.15, 0.2) is 0 Å². The smallest absolute Gasteiger partial charge is 0.135 e. The highest BCUT2D eigenvalue weighted by molar-refractivity contribution is 6.30. The highest BCUT2D eigenvalue weighted by atomic mass is 35.5. The average molecular weight is 276 g/mol. The van der Waals surface area contributed by atoms with Gasteiger partial charge in [-0.05, 0) is 30.5 Å². The molecular weight excluding hydrogens is 258 g/mol. The van der Waals surface area contributed by atoms with Gasteiger partial charge in [-0.1, -0.05) is 37.6 Å². The Labute approximate surface area is 118 Å². The van der Waals surface area contributed by atoms with Crippen LogP contribution in [0, 0.1) is 6.92 Å². The van der Waals surface area contributed by atoms with Gasteiger partial charge in [0, 0.05) is 22.7 Å². The van der Waals surface area contributed by atoms with Crippen LogP contribution >= 0.6 is 11.6 Å². The molecule has 2 N–H and O–H groups in total. The molecule has 19 heavy (non-hydrogen) atoms. The van der Waals surface area contributed by atoms with Crippen molar-refractivity contribution in [2.75, 3.05) is 5.73 Å². The molecule has 3 nitrogen and oxygen atoms in total. The van der Waals surface area contributed by atoms with Crippen molar-refractivity contribution >= 4 is 17.4 Å². The van der Waals surface area contributed by atoms with Crippen LogP contribution in [-0.2, 0) is 6.42 Å². The molecule has 2 rings (SSSR count). The van der Waals surface area contributed by atoms with Crippen LogP contribution < -0.4 is 5.73 Å². The van der Waals surface area contributed by atoms with Crippen LogP contribution in [-0.4, -0.2) is 9.97 Å². The first-order valence-corrected chi connectivity index (χ1v) is 6.72. The Morgan fingerprint density at radius 3 is 2.32 bits per heavy atom. The van der Waals surface area contributed by atoms with Crippen molar-refractivity contribution in [2.24, 2.45) is 0 Å². The van der Waals surface area contributed by atoms with Gasteiger partial charge in [-0.15, -0.1) is 0 Å². The van der Waals surface area contributed by atoms with E-state index in [2.05, 4.69) is 23.8 Å². The van der Waals surface area contributed by atoms with Crippen LogP contribution in [0.1, 0.15) is 42.4 Å². The van der Waals surface area contributed by atoms with Crippen molar-refractivity contribution < 1.29 is 0 Å². The molecule has 0 atom stereocenters. The second-order valence-corrected chi connectivity index (χ2v) is 5.42. The molecule has 4 heteroatoms. The van der Waals surface area contributed by atoms with Crippen LogP contribution in [0.15, 0.2) is 24.3 Å². The van der Waals surface area contributed by atoms with Crippen molar-refractivity contribution in [1.82, 2.24) is 9.97 Å². The standard InChI is InChI=1S/C15H18ClN3/c1-9(2)14-10(3)18-13(19-15(14)17)8-11-4-6-12(16)7-5-11/h4-7,9H,8H2,1-3H3,(H2,17,18,19). The lowest BCUT2D eigenvalue weighted by Gasteiger charge is -2.13. The van der Waals surface area contributed by atoms with Crippen LogP contribution in [0.5, 0.6) is 0 Å². The third kappa shape index (κ3) is 3.24. The molecule has 1 aromatic carbocycles. The number of aryl methyl sites for hydroxylation is 1. The zero-order valence-corrected chi connectivity index (χ0v) is 12.2. The number of hydrogen-bond donors (Lipinski definition) is 1. The molecule has 100 valence electrons. The first-order chi connectivity index (χ1) is 8.97. The minimum Gasteiger partial charge on any atom is -0.383 e. The fourth-order valence-corrected chi connectivity index (χ4v) is 2.37. The van der Waals surface area contributed by atoms with Gasteiger partial charge in [0.25, 0.3) is 0 Å². The van der Waals surface area contributed by atoms with E-state index in [9.17, 15) is 0 Å². The third-order valence-corrected chi connectivity index (χ3v) is 3.32. The maximum absolute atomic E-state index is 6.03. The van der Waals surface area contributed by atoms with Crippen LogP contribution in [0.25, 0.3) is 0 Å². The largest absolute Gasteiger partial charge is 0.383 e. The van der Waals surface area contributed by atoms with E-state index in [4.69, 9.17) is 17.3 Å². The number of halogens is 1. The molecule has 0 aliphatic rings. The summed E-state index contributed by atoms with van der Waals surface area (Å²) in [6.45, 7) is 6.18. The van der Waals surface area contributed by atoms with Gasteiger partial charge in [0.05, 0.1) is 0 Å². The van der Waals surface area contributed by atoms with Gasteiger partial charge < -0.3 is 5.73 Å². The SMILES string of the molecule is Cc1nc(Cc2ccc(Cl)cc2)nc(N)c1C(C)C. The fraction of sp³-hybridized carbons (Fsp3) is 0.333. The lowest BCUT2D eigenvalue weighted by atomic mass is 10.0. The molecule has 0 aliphatic carbocycles. The molecule has 1 heterocycles. The van der Waals surface area contributed by atoms with Gasteiger partial charge >= 0.3 is 0 Å². The number of nitrogen functional groups attached to an aromatic ring is 1. The van der Waals surface area contributed by atoms with E-state index < -0.39 is 0 Å². The summed E-state index contributed by atoms with van der Waals surface area (Å²) in [5.41, 5.74) is 9.16. The Morgan fingerprint density at radius 2 is 1.79 bits per heavy atom. The number of benzene rings is 1. The van der Waals surface area contributed by atoms with Crippen LogP contribution in [0.2, 0.25) is 5.02 Å². The van der Waals surface area contributed by atoms with E-state index in [-0.39, 0.29) is 0 Å². The van der Waals surface area contributed by atoms with Gasteiger partial charge in [-0.3, -0.25) is 0 Å². The lowest BCUT2D eigenvalue weighted by molar-refractivity contribution is 0.817. The minimum absolute atomic E-state index is 0.338. The number of aromatic nitrogens is 2. The van der Waals surface area contributed by atoms with Gasteiger partial charge in [-0.2, -0.15) is 0 Å². The molecular formula is C15H18ClN3. The number of rotatable bonds is 3. The summed E-state index contributed by atoms with van der Waals surface area (Å²) in [6, 6.07) is 7.70. The van der Waals surface area contributed by atoms with Crippen molar-refractivity contribution in [3.05, 3.63) is 51.9 Å². The number of nitrogens with zero attached hydrogens (tertiary/aromatic N) is 2. The second-order valence-electron chi connectivity index (χ2n) is 4.98. The Hall–Kier alpha value is -1.61. The maximum atomic E-state index is 6.03. The van der Waals surface area contributed by atoms with E-state index in [1.54, 1.807) is 0 Å². The van der Waals surface area contributed by atoms with Gasteiger partial charge in [0.1, 0.15) is 11.6 Å². The molecule has 0 bridgehead atoms. The second kappa shape index (κ2) is 5.57. The summed E-state index contributed by atoms with van der Waals surface area (Å²) in [5, 5.41) is 0.732. The molecule has 0 radical (unpaired) electrons. The summed E-state index contributed by atoms with van der Waals surface area (Å²) in [4.78, 5) is 8.96. The van der Waals surface area contributed by atoms with Crippen molar-refractivity contribution in [3.63, 3.8) is 0 Å². The molecule has 2 aromatic rings. The summed E-state index contributed by atoms with van der Waals surface area (Å²) in [6.07, 6.45) is 0.667. The van der Waals surface area contributed by atoms with E-state index in [1.165, 1.54) is 0 Å². The summed E-state index contributed by atoms with van der Waals surface area (Å²) in [7, 11) is 0. The van der Waals surface area contributed by atoms with Crippen molar-refractivity contribution in [2.45, 2.75) is 33.1 Å². The summed E-state index contributed by atoms with van der Waals surface area (Å²) < 4.78 is 0. The normalized spacial score (nSPS) is 11.0. The van der Waals surface area contributed by atoms with E-state index in [0.717, 1.165) is 27.7 Å². The van der Waals surface area contributed by atoms with E-state index in [0.29, 0.717) is 18.2 Å². The molecule has 0 saturated heterocycles. The molecule has 0 aliphatic heterocycles. The molecule has 0 unspecified atom stereocenters. The van der Waals surface area contributed by atoms with Crippen molar-refractivity contribution in [1.29, 1.82) is 0 Å². The van der Waals surface area contributed by atoms with Crippen molar-refractivity contribution in [3.8, 4) is 0 Å². The Balaban J connectivity index is 2.29. The Morgan fingerprint density at radius 1 is 1.16 bits per heavy atom. The molecule has 1 aromatic heterocycles. The van der Waals surface area contributed by atoms with Gasteiger partial charge in [-0.25, -0.2) is 9.97 Å². The van der Waals surface area contributed by atoms with Crippen LogP contribution in [0.3, 0.4) is 0 Å². The summed E-state index contributed by atoms with van der Waals surface area (Å²) in [5.74, 6) is 1.68. The Kier molecular flexibility index (Phi) is 4.05. The topological polar surface area (TPSA) is 51.8 Å². The highest BCUT2D eigenvalue weighted by Gasteiger charge is 2.12. The number of anilines is 1. The Bertz CT molecular complexity index is 553. The fourth-order valence-electron chi connectivity index (χ4n) is 2.24. The van der Waals surface area contributed by atoms with E-state index >= 15 is 0 Å². The lowest BCUT2D eigenvalue weighted by Crippen LogP contribution is -2.09. The number of nitrogens with two attached hydrogens (primary N) is 1. The number of hydrogen-bond acceptors (Lipinski definition) is 3. The highest BCUT2D eigenvalue weighted by Crippen LogP contribution is 2.23. The molecule has 0 amide bonds. The summed E-state index contributed by atoms with van der Waals surface area (Å²) >= 11 is 5.87. The van der Waals surface area contributed by atoms with Crippen LogP contribution in [0.4, 0.5) is 5.82 Å². The monoisotopic (exact) mass is 275 g/mol. The maximum Gasteiger partial charge on any atom is 0.135 e. The predicted molar refractivity (Wildman–Crippen MR) is 79.5 cm³/mol. The predicted octanol–water partition coefficient (Wildman–Crippen LogP) is 3.73. The first kappa shape index (κ1) is 13.8. The molecule has 0 spiro atoms. The molecule has 0 saturated carbocycles. The zero-order chi connectivity index (χ0) is 14.0.